The molecule has 0 bridgehead atoms. The molecule has 104 valence electrons. The van der Waals surface area contributed by atoms with Gasteiger partial charge in [-0.2, -0.15) is 0 Å². The number of hydrogen-bond donors (Lipinski definition) is 2. The van der Waals surface area contributed by atoms with E-state index in [0.717, 1.165) is 25.7 Å². The Balaban J connectivity index is 1.99. The van der Waals surface area contributed by atoms with Crippen LogP contribution in [0.3, 0.4) is 0 Å². The minimum absolute atomic E-state index is 0.0250. The molecule has 0 radical (unpaired) electrons. The topological polar surface area (TPSA) is 58.4 Å². The lowest BCUT2D eigenvalue weighted by molar-refractivity contribution is 0.174. The summed E-state index contributed by atoms with van der Waals surface area (Å²) in [6.45, 7) is 0. The van der Waals surface area contributed by atoms with Crippen LogP contribution in [-0.4, -0.2) is 30.1 Å². The standard InChI is InChI=1S/C14H20FN3O/c1-18(13-8-3-2-7-12(13)16)14(19)17-11-6-4-5-10(15)9-11/h4-6,9,12-13H,2-3,7-8,16H2,1H3,(H,17,19). The first-order valence-electron chi connectivity index (χ1n) is 6.63. The third kappa shape index (κ3) is 3.44. The molecule has 4 nitrogen and oxygen atoms in total. The highest BCUT2D eigenvalue weighted by atomic mass is 19.1. The highest BCUT2D eigenvalue weighted by Crippen LogP contribution is 2.21. The van der Waals surface area contributed by atoms with Crippen LogP contribution >= 0.6 is 0 Å². The molecular formula is C14H20FN3O. The number of nitrogens with zero attached hydrogens (tertiary/aromatic N) is 1. The van der Waals surface area contributed by atoms with Gasteiger partial charge in [-0.15, -0.1) is 0 Å². The summed E-state index contributed by atoms with van der Waals surface area (Å²) in [5.41, 5.74) is 6.51. The molecule has 2 amide bonds. The molecule has 0 aromatic heterocycles. The molecule has 1 aliphatic rings. The van der Waals surface area contributed by atoms with Crippen LogP contribution in [0.2, 0.25) is 0 Å². The van der Waals surface area contributed by atoms with Crippen LogP contribution in [0.15, 0.2) is 24.3 Å². The van der Waals surface area contributed by atoms with E-state index in [4.69, 9.17) is 5.73 Å². The molecule has 0 spiro atoms. The van der Waals surface area contributed by atoms with Crippen LogP contribution in [0.5, 0.6) is 0 Å². The lowest BCUT2D eigenvalue weighted by Crippen LogP contribution is -2.51. The quantitative estimate of drug-likeness (QED) is 0.863. The van der Waals surface area contributed by atoms with E-state index < -0.39 is 0 Å². The largest absolute Gasteiger partial charge is 0.326 e. The molecule has 0 saturated heterocycles. The minimum Gasteiger partial charge on any atom is -0.326 e. The van der Waals surface area contributed by atoms with Crippen molar-refractivity contribution in [1.82, 2.24) is 4.90 Å². The number of nitrogens with one attached hydrogen (secondary N) is 1. The Morgan fingerprint density at radius 3 is 2.84 bits per heavy atom. The predicted octanol–water partition coefficient (Wildman–Crippen LogP) is 2.56. The Hall–Kier alpha value is -1.62. The second kappa shape index (κ2) is 6.02. The Labute approximate surface area is 112 Å². The van der Waals surface area contributed by atoms with Crippen LogP contribution in [0.25, 0.3) is 0 Å². The molecule has 1 aliphatic carbocycles. The summed E-state index contributed by atoms with van der Waals surface area (Å²) in [6, 6.07) is 5.71. The first-order valence-corrected chi connectivity index (χ1v) is 6.63. The van der Waals surface area contributed by atoms with Gasteiger partial charge in [0.05, 0.1) is 0 Å². The van der Waals surface area contributed by atoms with Crippen LogP contribution in [0, 0.1) is 5.82 Å². The van der Waals surface area contributed by atoms with Gasteiger partial charge in [-0.25, -0.2) is 9.18 Å². The van der Waals surface area contributed by atoms with Crippen molar-refractivity contribution in [3.63, 3.8) is 0 Å². The number of halogens is 1. The molecule has 2 unspecified atom stereocenters. The van der Waals surface area contributed by atoms with Gasteiger partial charge in [-0.1, -0.05) is 18.9 Å². The van der Waals surface area contributed by atoms with E-state index in [1.165, 1.54) is 12.1 Å². The van der Waals surface area contributed by atoms with Crippen molar-refractivity contribution in [3.05, 3.63) is 30.1 Å². The van der Waals surface area contributed by atoms with Crippen LogP contribution in [0.1, 0.15) is 25.7 Å². The Kier molecular flexibility index (Phi) is 4.37. The van der Waals surface area contributed by atoms with Gasteiger partial charge in [-0.05, 0) is 31.0 Å². The normalized spacial score (nSPS) is 22.9. The summed E-state index contributed by atoms with van der Waals surface area (Å²) in [5, 5.41) is 2.69. The summed E-state index contributed by atoms with van der Waals surface area (Å²) in [5.74, 6) is -0.366. The molecule has 0 aliphatic heterocycles. The summed E-state index contributed by atoms with van der Waals surface area (Å²) in [4.78, 5) is 13.7. The SMILES string of the molecule is CN(C(=O)Nc1cccc(F)c1)C1CCCCC1N. The number of amides is 2. The van der Waals surface area contributed by atoms with Crippen LogP contribution in [0.4, 0.5) is 14.9 Å². The van der Waals surface area contributed by atoms with Crippen molar-refractivity contribution < 1.29 is 9.18 Å². The fourth-order valence-corrected chi connectivity index (χ4v) is 2.55. The van der Waals surface area contributed by atoms with Gasteiger partial charge in [-0.3, -0.25) is 0 Å². The van der Waals surface area contributed by atoms with Gasteiger partial charge in [0, 0.05) is 24.8 Å². The number of anilines is 1. The number of benzene rings is 1. The zero-order valence-corrected chi connectivity index (χ0v) is 11.1. The van der Waals surface area contributed by atoms with Gasteiger partial charge in [0.25, 0.3) is 0 Å². The second-order valence-corrected chi connectivity index (χ2v) is 5.07. The minimum atomic E-state index is -0.366. The van der Waals surface area contributed by atoms with E-state index in [-0.39, 0.29) is 23.9 Å². The van der Waals surface area contributed by atoms with E-state index in [2.05, 4.69) is 5.32 Å². The maximum atomic E-state index is 13.1. The molecule has 0 heterocycles. The molecule has 1 fully saturated rings. The first kappa shape index (κ1) is 13.8. The Morgan fingerprint density at radius 2 is 2.16 bits per heavy atom. The average molecular weight is 265 g/mol. The molecule has 5 heteroatoms. The van der Waals surface area contributed by atoms with Crippen LogP contribution < -0.4 is 11.1 Å². The van der Waals surface area contributed by atoms with E-state index in [0.29, 0.717) is 5.69 Å². The number of urea groups is 1. The molecule has 1 aromatic rings. The number of carbonyl (C=O) groups excluding carboxylic acids is 1. The third-order valence-electron chi connectivity index (χ3n) is 3.68. The molecular weight excluding hydrogens is 245 g/mol. The Morgan fingerprint density at radius 1 is 1.42 bits per heavy atom. The summed E-state index contributed by atoms with van der Waals surface area (Å²) < 4.78 is 13.1. The summed E-state index contributed by atoms with van der Waals surface area (Å²) in [7, 11) is 1.74. The molecule has 19 heavy (non-hydrogen) atoms. The number of carbonyl (C=O) groups is 1. The lowest BCUT2D eigenvalue weighted by Gasteiger charge is -2.35. The van der Waals surface area contributed by atoms with Gasteiger partial charge >= 0.3 is 6.03 Å². The molecule has 2 atom stereocenters. The van der Waals surface area contributed by atoms with Crippen molar-refractivity contribution in [1.29, 1.82) is 0 Å². The van der Waals surface area contributed by atoms with Crippen molar-refractivity contribution in [2.24, 2.45) is 5.73 Å². The van der Waals surface area contributed by atoms with Gasteiger partial charge in [0.2, 0.25) is 0 Å². The molecule has 3 N–H and O–H groups in total. The Bertz CT molecular complexity index is 452. The van der Waals surface area contributed by atoms with E-state index >= 15 is 0 Å². The zero-order chi connectivity index (χ0) is 13.8. The van der Waals surface area contributed by atoms with E-state index in [1.807, 2.05) is 0 Å². The smallest absolute Gasteiger partial charge is 0.321 e. The summed E-state index contributed by atoms with van der Waals surface area (Å²) in [6.07, 6.45) is 4.09. The van der Waals surface area contributed by atoms with Gasteiger partial charge in [0.1, 0.15) is 5.82 Å². The number of nitrogens with two attached hydrogens (primary N) is 1. The van der Waals surface area contributed by atoms with E-state index in [1.54, 1.807) is 24.1 Å². The molecule has 1 aromatic carbocycles. The van der Waals surface area contributed by atoms with Gasteiger partial charge in [0.15, 0.2) is 0 Å². The predicted molar refractivity (Wildman–Crippen MR) is 73.4 cm³/mol. The monoisotopic (exact) mass is 265 g/mol. The maximum Gasteiger partial charge on any atom is 0.321 e. The van der Waals surface area contributed by atoms with Crippen LogP contribution in [-0.2, 0) is 0 Å². The fraction of sp³-hybridized carbons (Fsp3) is 0.500. The van der Waals surface area contributed by atoms with Crippen molar-refractivity contribution >= 4 is 11.7 Å². The highest BCUT2D eigenvalue weighted by Gasteiger charge is 2.28. The number of hydrogen-bond acceptors (Lipinski definition) is 2. The lowest BCUT2D eigenvalue weighted by atomic mass is 9.90. The number of likely N-dealkylation sites (N-methyl/N-ethyl adjacent to an activating group) is 1. The first-order chi connectivity index (χ1) is 9.08. The molecule has 1 saturated carbocycles. The maximum absolute atomic E-state index is 13.1. The summed E-state index contributed by atoms with van der Waals surface area (Å²) >= 11 is 0. The van der Waals surface area contributed by atoms with Gasteiger partial charge < -0.3 is 16.0 Å². The van der Waals surface area contributed by atoms with Crippen molar-refractivity contribution in [2.45, 2.75) is 37.8 Å². The number of rotatable bonds is 2. The highest BCUT2D eigenvalue weighted by molar-refractivity contribution is 5.89. The fourth-order valence-electron chi connectivity index (χ4n) is 2.55. The molecule has 2 rings (SSSR count). The second-order valence-electron chi connectivity index (χ2n) is 5.07. The average Bonchev–Trinajstić information content (AvgIpc) is 2.38. The third-order valence-corrected chi connectivity index (χ3v) is 3.68. The van der Waals surface area contributed by atoms with E-state index in [9.17, 15) is 9.18 Å². The zero-order valence-electron chi connectivity index (χ0n) is 11.1. The van der Waals surface area contributed by atoms with Crippen molar-refractivity contribution in [2.75, 3.05) is 12.4 Å². The van der Waals surface area contributed by atoms with Crippen molar-refractivity contribution in [3.8, 4) is 0 Å².